The van der Waals surface area contributed by atoms with Crippen LogP contribution in [-0.2, 0) is 4.79 Å². The van der Waals surface area contributed by atoms with Crippen LogP contribution in [-0.4, -0.2) is 41.6 Å². The molecule has 82 valence electrons. The van der Waals surface area contributed by atoms with Gasteiger partial charge in [0.15, 0.2) is 0 Å². The van der Waals surface area contributed by atoms with E-state index in [1.807, 2.05) is 0 Å². The fourth-order valence-electron chi connectivity index (χ4n) is 1.10. The molecule has 2 N–H and O–H groups in total. The maximum Gasteiger partial charge on any atom is 0.329 e. The molecule has 0 saturated carbocycles. The predicted octanol–water partition coefficient (Wildman–Crippen LogP) is 0.901. The van der Waals surface area contributed by atoms with Crippen LogP contribution in [0.15, 0.2) is 0 Å². The number of rotatable bonds is 4. The lowest BCUT2D eigenvalue weighted by Gasteiger charge is -2.29. The van der Waals surface area contributed by atoms with Gasteiger partial charge in [-0.25, -0.2) is 9.59 Å². The van der Waals surface area contributed by atoms with Crippen molar-refractivity contribution in [2.75, 3.05) is 14.1 Å². The number of urea groups is 1. The molecule has 0 aliphatic rings. The van der Waals surface area contributed by atoms with Crippen LogP contribution in [0, 0.1) is 0 Å². The summed E-state index contributed by atoms with van der Waals surface area (Å²) in [5.41, 5.74) is -1.14. The summed E-state index contributed by atoms with van der Waals surface area (Å²) >= 11 is 0. The van der Waals surface area contributed by atoms with E-state index in [2.05, 4.69) is 5.32 Å². The van der Waals surface area contributed by atoms with E-state index < -0.39 is 11.5 Å². The van der Waals surface area contributed by atoms with Crippen LogP contribution in [0.3, 0.4) is 0 Å². The Morgan fingerprint density at radius 3 is 1.93 bits per heavy atom. The Kier molecular flexibility index (Phi) is 4.40. The molecular formula is C9H18N2O3. The van der Waals surface area contributed by atoms with Gasteiger partial charge in [-0.1, -0.05) is 13.8 Å². The van der Waals surface area contributed by atoms with E-state index in [1.165, 1.54) is 4.90 Å². The third kappa shape index (κ3) is 2.61. The number of nitrogens with one attached hydrogen (secondary N) is 1. The lowest BCUT2D eigenvalue weighted by molar-refractivity contribution is -0.144. The second-order valence-electron chi connectivity index (χ2n) is 3.42. The van der Waals surface area contributed by atoms with Gasteiger partial charge in [0.1, 0.15) is 5.54 Å². The highest BCUT2D eigenvalue weighted by Gasteiger charge is 2.36. The van der Waals surface area contributed by atoms with Gasteiger partial charge in [0.25, 0.3) is 0 Å². The highest BCUT2D eigenvalue weighted by molar-refractivity contribution is 5.86. The van der Waals surface area contributed by atoms with Crippen molar-refractivity contribution in [2.45, 2.75) is 32.2 Å². The van der Waals surface area contributed by atoms with E-state index in [1.54, 1.807) is 27.9 Å². The first kappa shape index (κ1) is 12.7. The molecule has 5 nitrogen and oxygen atoms in total. The van der Waals surface area contributed by atoms with Gasteiger partial charge in [0.2, 0.25) is 0 Å². The van der Waals surface area contributed by atoms with Crippen LogP contribution in [0.25, 0.3) is 0 Å². The molecule has 0 aliphatic heterocycles. The lowest BCUT2D eigenvalue weighted by atomic mass is 9.93. The maximum absolute atomic E-state index is 11.3. The van der Waals surface area contributed by atoms with Gasteiger partial charge in [0.05, 0.1) is 0 Å². The van der Waals surface area contributed by atoms with E-state index in [4.69, 9.17) is 5.11 Å². The molecule has 0 aliphatic carbocycles. The molecule has 0 heterocycles. The predicted molar refractivity (Wildman–Crippen MR) is 53.2 cm³/mol. The van der Waals surface area contributed by atoms with Crippen molar-refractivity contribution < 1.29 is 14.7 Å². The summed E-state index contributed by atoms with van der Waals surface area (Å²) in [6.07, 6.45) is 0.747. The Bertz CT molecular complexity index is 222. The Balaban J connectivity index is 4.68. The molecule has 0 bridgehead atoms. The molecule has 14 heavy (non-hydrogen) atoms. The van der Waals surface area contributed by atoms with Crippen molar-refractivity contribution in [2.24, 2.45) is 0 Å². The smallest absolute Gasteiger partial charge is 0.329 e. The fraction of sp³-hybridized carbons (Fsp3) is 0.778. The quantitative estimate of drug-likeness (QED) is 0.711. The largest absolute Gasteiger partial charge is 0.480 e. The fourth-order valence-corrected chi connectivity index (χ4v) is 1.10. The van der Waals surface area contributed by atoms with Crippen LogP contribution in [0.2, 0.25) is 0 Å². The Morgan fingerprint density at radius 2 is 1.71 bits per heavy atom. The third-order valence-electron chi connectivity index (χ3n) is 2.37. The van der Waals surface area contributed by atoms with Crippen LogP contribution in [0.5, 0.6) is 0 Å². The number of aliphatic carboxylic acids is 1. The summed E-state index contributed by atoms with van der Waals surface area (Å²) in [6.45, 7) is 3.49. The van der Waals surface area contributed by atoms with Gasteiger partial charge in [-0.15, -0.1) is 0 Å². The first-order valence-corrected chi connectivity index (χ1v) is 4.62. The maximum atomic E-state index is 11.3. The molecule has 0 aromatic rings. The molecule has 0 saturated heterocycles. The zero-order valence-corrected chi connectivity index (χ0v) is 9.13. The van der Waals surface area contributed by atoms with Crippen molar-refractivity contribution >= 4 is 12.0 Å². The van der Waals surface area contributed by atoms with Crippen molar-refractivity contribution in [1.82, 2.24) is 10.2 Å². The molecule has 2 amide bonds. The molecule has 0 aromatic heterocycles. The number of hydrogen-bond donors (Lipinski definition) is 2. The normalized spacial score (nSPS) is 10.9. The SMILES string of the molecule is CCC(CC)(NC(=O)N(C)C)C(=O)O. The third-order valence-corrected chi connectivity index (χ3v) is 2.37. The van der Waals surface area contributed by atoms with Gasteiger partial charge in [-0.05, 0) is 12.8 Å². The minimum absolute atomic E-state index is 0.373. The summed E-state index contributed by atoms with van der Waals surface area (Å²) in [7, 11) is 3.15. The number of carboxylic acid groups (broad SMARTS) is 1. The second-order valence-corrected chi connectivity index (χ2v) is 3.42. The van der Waals surface area contributed by atoms with E-state index in [0.29, 0.717) is 12.8 Å². The number of carboxylic acids is 1. The molecule has 0 atom stereocenters. The summed E-state index contributed by atoms with van der Waals surface area (Å²) in [5, 5.41) is 11.5. The Labute approximate surface area is 84.1 Å². The first-order valence-electron chi connectivity index (χ1n) is 4.62. The average Bonchev–Trinajstić information content (AvgIpc) is 2.13. The molecule has 0 radical (unpaired) electrons. The van der Waals surface area contributed by atoms with E-state index in [9.17, 15) is 9.59 Å². The van der Waals surface area contributed by atoms with Crippen LogP contribution in [0.1, 0.15) is 26.7 Å². The number of nitrogens with zero attached hydrogens (tertiary/aromatic N) is 1. The molecule has 5 heteroatoms. The van der Waals surface area contributed by atoms with Crippen LogP contribution < -0.4 is 5.32 Å². The molecule has 0 fully saturated rings. The highest BCUT2D eigenvalue weighted by Crippen LogP contribution is 2.15. The van der Waals surface area contributed by atoms with E-state index >= 15 is 0 Å². The van der Waals surface area contributed by atoms with Crippen molar-refractivity contribution in [1.29, 1.82) is 0 Å². The summed E-state index contributed by atoms with van der Waals surface area (Å²) in [4.78, 5) is 23.7. The van der Waals surface area contributed by atoms with Crippen molar-refractivity contribution in [3.05, 3.63) is 0 Å². The van der Waals surface area contributed by atoms with Crippen molar-refractivity contribution in [3.63, 3.8) is 0 Å². The summed E-state index contributed by atoms with van der Waals surface area (Å²) in [5.74, 6) is -0.988. The first-order chi connectivity index (χ1) is 6.39. The van der Waals surface area contributed by atoms with Crippen LogP contribution in [0.4, 0.5) is 4.79 Å². The lowest BCUT2D eigenvalue weighted by Crippen LogP contribution is -2.56. The molecular weight excluding hydrogens is 184 g/mol. The van der Waals surface area contributed by atoms with Gasteiger partial charge >= 0.3 is 12.0 Å². The number of hydrogen-bond acceptors (Lipinski definition) is 2. The standard InChI is InChI=1S/C9H18N2O3/c1-5-9(6-2,7(12)13)10-8(14)11(3)4/h5-6H2,1-4H3,(H,10,14)(H,12,13). The highest BCUT2D eigenvalue weighted by atomic mass is 16.4. The molecule has 0 rings (SSSR count). The Morgan fingerprint density at radius 1 is 1.29 bits per heavy atom. The van der Waals surface area contributed by atoms with Gasteiger partial charge < -0.3 is 15.3 Å². The van der Waals surface area contributed by atoms with Gasteiger partial charge in [-0.3, -0.25) is 0 Å². The van der Waals surface area contributed by atoms with E-state index in [0.717, 1.165) is 0 Å². The van der Waals surface area contributed by atoms with Crippen molar-refractivity contribution in [3.8, 4) is 0 Å². The van der Waals surface area contributed by atoms with E-state index in [-0.39, 0.29) is 6.03 Å². The zero-order valence-electron chi connectivity index (χ0n) is 9.13. The Hall–Kier alpha value is -1.26. The monoisotopic (exact) mass is 202 g/mol. The minimum Gasteiger partial charge on any atom is -0.480 e. The van der Waals surface area contributed by atoms with Gasteiger partial charge in [-0.2, -0.15) is 0 Å². The molecule has 0 aromatic carbocycles. The summed E-state index contributed by atoms with van der Waals surface area (Å²) in [6, 6.07) is -0.379. The summed E-state index contributed by atoms with van der Waals surface area (Å²) < 4.78 is 0. The zero-order chi connectivity index (χ0) is 11.4. The number of carbonyl (C=O) groups is 2. The second kappa shape index (κ2) is 4.83. The van der Waals surface area contributed by atoms with Crippen LogP contribution >= 0.6 is 0 Å². The average molecular weight is 202 g/mol. The minimum atomic E-state index is -1.14. The molecule has 0 unspecified atom stereocenters. The van der Waals surface area contributed by atoms with Gasteiger partial charge in [0, 0.05) is 14.1 Å². The molecule has 0 spiro atoms. The number of carbonyl (C=O) groups excluding carboxylic acids is 1. The topological polar surface area (TPSA) is 69.6 Å². The number of amides is 2.